The number of para-hydroxylation sites is 2. The van der Waals surface area contributed by atoms with Crippen molar-refractivity contribution in [1.29, 1.82) is 0 Å². The van der Waals surface area contributed by atoms with Crippen molar-refractivity contribution in [1.82, 2.24) is 14.4 Å². The van der Waals surface area contributed by atoms with Gasteiger partial charge in [-0.2, -0.15) is 0 Å². The Morgan fingerprint density at radius 2 is 0.779 bits per heavy atom. The number of hydrogen-bond donors (Lipinski definition) is 0. The molecule has 0 saturated heterocycles. The van der Waals surface area contributed by atoms with E-state index in [0.29, 0.717) is 5.82 Å². The van der Waals surface area contributed by atoms with Gasteiger partial charge in [0, 0.05) is 64.0 Å². The molecule has 0 unspecified atom stereocenters. The fourth-order valence-electron chi connectivity index (χ4n) is 10.6. The van der Waals surface area contributed by atoms with E-state index in [1.807, 2.05) is 35.6 Å². The number of aromatic nitrogens is 3. The molecule has 10 aromatic carbocycles. The van der Waals surface area contributed by atoms with Crippen molar-refractivity contribution in [3.63, 3.8) is 0 Å². The highest BCUT2D eigenvalue weighted by atomic mass is 32.1. The van der Waals surface area contributed by atoms with Crippen molar-refractivity contribution in [2.75, 3.05) is 0 Å². The first-order valence-electron chi connectivity index (χ1n) is 23.1. The van der Waals surface area contributed by atoms with Crippen LogP contribution < -0.4 is 0 Å². The Balaban J connectivity index is 0.873. The lowest BCUT2D eigenvalue weighted by Gasteiger charge is -2.12. The van der Waals surface area contributed by atoms with Crippen LogP contribution in [0.25, 0.3) is 137 Å². The molecule has 4 aromatic heterocycles. The summed E-state index contributed by atoms with van der Waals surface area (Å²) in [6.45, 7) is 0. The van der Waals surface area contributed by atoms with Crippen LogP contribution in [0.5, 0.6) is 0 Å². The SMILES string of the molecule is c1ccc(-c2cc(-c3cccc(-c4cccc(-c5cccc(-c6cccc7c8cccc9c%10ccc(-c%11cccc%12sc%13ccccc%13c%11%12)cc%10n(c67)c98)c5)c4)c3)nc(-c3ccccc3)n2)cc1. The third-order valence-electron chi connectivity index (χ3n) is 13.7. The van der Waals surface area contributed by atoms with Crippen molar-refractivity contribution in [3.05, 3.63) is 237 Å². The normalized spacial score (nSPS) is 11.8. The second-order valence-corrected chi connectivity index (χ2v) is 18.8. The van der Waals surface area contributed by atoms with E-state index in [1.54, 1.807) is 0 Å². The molecule has 0 radical (unpaired) electrons. The van der Waals surface area contributed by atoms with E-state index in [0.717, 1.165) is 39.2 Å². The van der Waals surface area contributed by atoms with Gasteiger partial charge in [0.25, 0.3) is 0 Å². The molecular formula is C64H39N3S. The number of fused-ring (bicyclic) bond motifs is 9. The van der Waals surface area contributed by atoms with E-state index in [1.165, 1.54) is 91.6 Å². The largest absolute Gasteiger partial charge is 0.307 e. The van der Waals surface area contributed by atoms with Crippen molar-refractivity contribution >= 4 is 69.6 Å². The molecule has 0 amide bonds. The molecule has 0 fully saturated rings. The van der Waals surface area contributed by atoms with Crippen LogP contribution in [0, 0.1) is 0 Å². The highest BCUT2D eigenvalue weighted by Gasteiger charge is 2.21. The van der Waals surface area contributed by atoms with E-state index in [9.17, 15) is 0 Å². The predicted octanol–water partition coefficient (Wildman–Crippen LogP) is 17.7. The molecule has 0 aliphatic heterocycles. The highest BCUT2D eigenvalue weighted by Crippen LogP contribution is 2.46. The molecule has 0 saturated carbocycles. The first-order chi connectivity index (χ1) is 33.7. The minimum atomic E-state index is 0.710. The number of benzene rings is 10. The molecule has 0 aliphatic carbocycles. The predicted molar refractivity (Wildman–Crippen MR) is 288 cm³/mol. The summed E-state index contributed by atoms with van der Waals surface area (Å²) in [7, 11) is 0. The highest BCUT2D eigenvalue weighted by molar-refractivity contribution is 7.25. The van der Waals surface area contributed by atoms with Crippen molar-refractivity contribution in [2.45, 2.75) is 0 Å². The minimum absolute atomic E-state index is 0.710. The number of hydrogen-bond acceptors (Lipinski definition) is 3. The maximum Gasteiger partial charge on any atom is 0.160 e. The maximum atomic E-state index is 5.13. The van der Waals surface area contributed by atoms with Gasteiger partial charge >= 0.3 is 0 Å². The molecule has 0 N–H and O–H groups in total. The average Bonchev–Trinajstić information content (AvgIpc) is 4.09. The van der Waals surface area contributed by atoms with Crippen LogP contribution in [0.3, 0.4) is 0 Å². The van der Waals surface area contributed by atoms with Gasteiger partial charge in [0.15, 0.2) is 5.82 Å². The molecule has 14 rings (SSSR count). The summed E-state index contributed by atoms with van der Waals surface area (Å²) in [6.07, 6.45) is 0. The van der Waals surface area contributed by atoms with Gasteiger partial charge in [0.2, 0.25) is 0 Å². The standard InChI is InChI=1S/C64H39N3S/c1-3-15-40(16-4-1)56-39-57(66-64(65-56)41-17-5-2-6-18-41)48-24-11-22-45(37-48)43-20-9-19-42(35-43)44-21-10-23-46(36-44)50-27-12-29-53-54-30-13-28-52-51-34-33-47(38-58(51)67(62(50)53)63(52)54)49-26-14-32-60-61(49)55-25-7-8-31-59(55)68-60/h1-39H. The maximum absolute atomic E-state index is 5.13. The van der Waals surface area contributed by atoms with Crippen LogP contribution in [-0.2, 0) is 0 Å². The van der Waals surface area contributed by atoms with E-state index < -0.39 is 0 Å². The average molecular weight is 882 g/mol. The quantitative estimate of drug-likeness (QED) is 0.160. The minimum Gasteiger partial charge on any atom is -0.307 e. The van der Waals surface area contributed by atoms with Crippen molar-refractivity contribution in [2.24, 2.45) is 0 Å². The van der Waals surface area contributed by atoms with Gasteiger partial charge in [-0.1, -0.05) is 194 Å². The van der Waals surface area contributed by atoms with Crippen LogP contribution in [0.15, 0.2) is 237 Å². The first-order valence-corrected chi connectivity index (χ1v) is 24.0. The molecule has 3 nitrogen and oxygen atoms in total. The van der Waals surface area contributed by atoms with Gasteiger partial charge < -0.3 is 4.40 Å². The smallest absolute Gasteiger partial charge is 0.160 e. The molecule has 68 heavy (non-hydrogen) atoms. The Labute approximate surface area is 396 Å². The number of thiophene rings is 1. The second-order valence-electron chi connectivity index (χ2n) is 17.7. The molecule has 0 atom stereocenters. The monoisotopic (exact) mass is 881 g/mol. The van der Waals surface area contributed by atoms with Crippen molar-refractivity contribution in [3.8, 4) is 78.4 Å². The second kappa shape index (κ2) is 15.5. The lowest BCUT2D eigenvalue weighted by Crippen LogP contribution is -1.96. The summed E-state index contributed by atoms with van der Waals surface area (Å²) in [6, 6.07) is 85.7. The Bertz CT molecular complexity index is 4200. The third kappa shape index (κ3) is 6.19. The van der Waals surface area contributed by atoms with Gasteiger partial charge in [-0.3, -0.25) is 0 Å². The topological polar surface area (TPSA) is 30.2 Å². The Morgan fingerprint density at radius 1 is 0.294 bits per heavy atom. The molecule has 0 spiro atoms. The lowest BCUT2D eigenvalue weighted by molar-refractivity contribution is 1.18. The van der Waals surface area contributed by atoms with Gasteiger partial charge in [0.05, 0.1) is 27.9 Å². The molecule has 316 valence electrons. The zero-order valence-corrected chi connectivity index (χ0v) is 37.6. The summed E-state index contributed by atoms with van der Waals surface area (Å²) >= 11 is 1.87. The molecule has 14 aromatic rings. The molecule has 4 heterocycles. The van der Waals surface area contributed by atoms with E-state index in [-0.39, 0.29) is 0 Å². The Kier molecular flexibility index (Phi) is 8.76. The number of rotatable bonds is 7. The van der Waals surface area contributed by atoms with Gasteiger partial charge in [-0.05, 0) is 81.4 Å². The fourth-order valence-corrected chi connectivity index (χ4v) is 11.7. The van der Waals surface area contributed by atoms with E-state index >= 15 is 0 Å². The molecule has 0 aliphatic rings. The van der Waals surface area contributed by atoms with Crippen LogP contribution in [0.1, 0.15) is 0 Å². The van der Waals surface area contributed by atoms with Crippen LogP contribution in [-0.4, -0.2) is 14.4 Å². The lowest BCUT2D eigenvalue weighted by atomic mass is 9.94. The fraction of sp³-hybridized carbons (Fsp3) is 0. The zero-order valence-electron chi connectivity index (χ0n) is 36.8. The van der Waals surface area contributed by atoms with Gasteiger partial charge in [0.1, 0.15) is 0 Å². The third-order valence-corrected chi connectivity index (χ3v) is 14.9. The summed E-state index contributed by atoms with van der Waals surface area (Å²) in [4.78, 5) is 10.1. The molecular weight excluding hydrogens is 843 g/mol. The Hall–Kier alpha value is -8.70. The van der Waals surface area contributed by atoms with Gasteiger partial charge in [-0.25, -0.2) is 9.97 Å². The number of nitrogens with zero attached hydrogens (tertiary/aromatic N) is 3. The van der Waals surface area contributed by atoms with Crippen LogP contribution in [0.4, 0.5) is 0 Å². The summed E-state index contributed by atoms with van der Waals surface area (Å²) in [5, 5.41) is 7.76. The van der Waals surface area contributed by atoms with E-state index in [4.69, 9.17) is 9.97 Å². The molecule has 0 bridgehead atoms. The van der Waals surface area contributed by atoms with Gasteiger partial charge in [-0.15, -0.1) is 11.3 Å². The van der Waals surface area contributed by atoms with Crippen molar-refractivity contribution < 1.29 is 0 Å². The Morgan fingerprint density at radius 3 is 1.53 bits per heavy atom. The zero-order chi connectivity index (χ0) is 44.7. The van der Waals surface area contributed by atoms with Crippen LogP contribution in [0.2, 0.25) is 0 Å². The van der Waals surface area contributed by atoms with Crippen LogP contribution >= 0.6 is 11.3 Å². The first kappa shape index (κ1) is 38.6. The van der Waals surface area contributed by atoms with E-state index in [2.05, 4.69) is 217 Å². The summed E-state index contributed by atoms with van der Waals surface area (Å²) in [5.74, 6) is 0.710. The summed E-state index contributed by atoms with van der Waals surface area (Å²) in [5.41, 5.74) is 18.2. The molecule has 4 heteroatoms. The summed E-state index contributed by atoms with van der Waals surface area (Å²) < 4.78 is 5.19.